The topological polar surface area (TPSA) is 32.3 Å². The Morgan fingerprint density at radius 2 is 1.92 bits per heavy atom. The van der Waals surface area contributed by atoms with Gasteiger partial charge in [0.15, 0.2) is 0 Å². The van der Waals surface area contributed by atoms with E-state index in [4.69, 9.17) is 0 Å². The Morgan fingerprint density at radius 1 is 1.24 bits per heavy atom. The highest BCUT2D eigenvalue weighted by molar-refractivity contribution is 5.98. The van der Waals surface area contributed by atoms with E-state index in [1.807, 2.05) is 6.07 Å². The van der Waals surface area contributed by atoms with Crippen molar-refractivity contribution in [2.24, 2.45) is 5.92 Å². The van der Waals surface area contributed by atoms with Crippen LogP contribution in [0.2, 0.25) is 0 Å². The predicted octanol–water partition coefficient (Wildman–Crippen LogP) is 4.24. The molecule has 138 valence electrons. The lowest BCUT2D eigenvalue weighted by atomic mass is 10.0. The zero-order valence-corrected chi connectivity index (χ0v) is 14.9. The zero-order chi connectivity index (χ0) is 18.4. The summed E-state index contributed by atoms with van der Waals surface area (Å²) in [4.78, 5) is 12.8. The third-order valence-electron chi connectivity index (χ3n) is 4.83. The van der Waals surface area contributed by atoms with E-state index in [1.54, 1.807) is 39.0 Å². The highest BCUT2D eigenvalue weighted by Gasteiger charge is 2.47. The number of nitrogens with one attached hydrogen (secondary N) is 1. The van der Waals surface area contributed by atoms with Gasteiger partial charge in [-0.05, 0) is 70.2 Å². The molecule has 3 rings (SSSR count). The molecule has 1 amide bonds. The molecule has 3 nitrogen and oxygen atoms in total. The molecule has 0 heterocycles. The fourth-order valence-electron chi connectivity index (χ4n) is 3.26. The van der Waals surface area contributed by atoms with Crippen molar-refractivity contribution in [1.29, 1.82) is 0 Å². The normalized spacial score (nSPS) is 23.4. The fraction of sp³-hybridized carbons (Fsp3) is 0.632. The predicted molar refractivity (Wildman–Crippen MR) is 91.6 cm³/mol. The van der Waals surface area contributed by atoms with Crippen molar-refractivity contribution in [2.45, 2.75) is 63.7 Å². The lowest BCUT2D eigenvalue weighted by Crippen LogP contribution is -2.51. The average Bonchev–Trinajstić information content (AvgIpc) is 3.37. The summed E-state index contributed by atoms with van der Waals surface area (Å²) in [5, 5.41) is 3.53. The number of benzene rings is 1. The van der Waals surface area contributed by atoms with E-state index in [9.17, 15) is 18.0 Å². The van der Waals surface area contributed by atoms with E-state index in [1.165, 1.54) is 12.8 Å². The quantitative estimate of drug-likeness (QED) is 0.858. The van der Waals surface area contributed by atoms with E-state index in [2.05, 4.69) is 5.32 Å². The fourth-order valence-corrected chi connectivity index (χ4v) is 3.26. The van der Waals surface area contributed by atoms with Gasteiger partial charge in [0.25, 0.3) is 0 Å². The van der Waals surface area contributed by atoms with Crippen molar-refractivity contribution in [3.8, 4) is 0 Å². The minimum absolute atomic E-state index is 0.306. The van der Waals surface area contributed by atoms with Crippen LogP contribution >= 0.6 is 0 Å². The summed E-state index contributed by atoms with van der Waals surface area (Å²) in [5.74, 6) is -0.703. The van der Waals surface area contributed by atoms with Crippen LogP contribution in [0.5, 0.6) is 0 Å². The molecule has 6 heteroatoms. The summed E-state index contributed by atoms with van der Waals surface area (Å²) in [6.45, 7) is 5.86. The number of anilines is 1. The number of hydrogen-bond donors (Lipinski definition) is 1. The Morgan fingerprint density at radius 3 is 2.48 bits per heavy atom. The number of rotatable bonds is 5. The molecule has 2 aliphatic rings. The molecule has 0 aliphatic heterocycles. The molecule has 0 saturated heterocycles. The molecule has 2 unspecified atom stereocenters. The molecule has 2 atom stereocenters. The van der Waals surface area contributed by atoms with Crippen molar-refractivity contribution in [3.05, 3.63) is 29.8 Å². The van der Waals surface area contributed by atoms with E-state index in [-0.39, 0.29) is 0 Å². The number of halogens is 3. The number of amides is 1. The molecule has 1 aromatic rings. The molecular weight excluding hydrogens is 329 g/mol. The van der Waals surface area contributed by atoms with Crippen LogP contribution < -0.4 is 10.2 Å². The molecule has 0 radical (unpaired) electrons. The smallest absolute Gasteiger partial charge is 0.313 e. The first-order valence-electron chi connectivity index (χ1n) is 8.82. The van der Waals surface area contributed by atoms with Crippen LogP contribution in [0.15, 0.2) is 24.3 Å². The zero-order valence-electron chi connectivity index (χ0n) is 14.9. The maximum Gasteiger partial charge on any atom is 0.471 e. The second kappa shape index (κ2) is 6.31. The molecule has 25 heavy (non-hydrogen) atoms. The van der Waals surface area contributed by atoms with Gasteiger partial charge in [0.2, 0.25) is 0 Å². The summed E-state index contributed by atoms with van der Waals surface area (Å²) in [6, 6.07) is 7.39. The Balaban J connectivity index is 1.77. The molecule has 2 fully saturated rings. The van der Waals surface area contributed by atoms with Crippen LogP contribution in [0.1, 0.15) is 51.5 Å². The number of nitrogens with zero attached hydrogens (tertiary/aromatic N) is 1. The van der Waals surface area contributed by atoms with Crippen LogP contribution in [0.4, 0.5) is 18.9 Å². The average molecular weight is 354 g/mol. The lowest BCUT2D eigenvalue weighted by molar-refractivity contribution is -0.171. The summed E-state index contributed by atoms with van der Waals surface area (Å²) in [5.41, 5.74) is 0.341. The molecule has 2 saturated carbocycles. The van der Waals surface area contributed by atoms with Crippen LogP contribution in [-0.4, -0.2) is 30.2 Å². The van der Waals surface area contributed by atoms with Crippen LogP contribution in [0.25, 0.3) is 0 Å². The number of hydrogen-bond acceptors (Lipinski definition) is 2. The first-order valence-corrected chi connectivity index (χ1v) is 8.82. The largest absolute Gasteiger partial charge is 0.471 e. The molecule has 0 spiro atoms. The van der Waals surface area contributed by atoms with E-state index in [0.29, 0.717) is 17.6 Å². The van der Waals surface area contributed by atoms with Gasteiger partial charge >= 0.3 is 12.1 Å². The number of carbonyl (C=O) groups is 1. The summed E-state index contributed by atoms with van der Waals surface area (Å²) in [6.07, 6.45) is -1.31. The standard InChI is InChI=1S/C19H25F3N2O/c1-18(2,3)24(17(25)19(20,21)22)14-6-4-5-13(9-14)15-10-16(15)23-11-12-7-8-12/h4-6,9,12,15-16,23H,7-8,10-11H2,1-3H3. The lowest BCUT2D eigenvalue weighted by Gasteiger charge is -2.36. The minimum Gasteiger partial charge on any atom is -0.313 e. The van der Waals surface area contributed by atoms with Gasteiger partial charge in [-0.15, -0.1) is 0 Å². The Labute approximate surface area is 146 Å². The minimum atomic E-state index is -4.89. The summed E-state index contributed by atoms with van der Waals surface area (Å²) < 4.78 is 39.1. The molecule has 1 N–H and O–H groups in total. The van der Waals surface area contributed by atoms with Crippen LogP contribution in [0.3, 0.4) is 0 Å². The summed E-state index contributed by atoms with van der Waals surface area (Å²) >= 11 is 0. The van der Waals surface area contributed by atoms with Crippen LogP contribution in [0, 0.1) is 5.92 Å². The molecule has 2 aliphatic carbocycles. The first-order chi connectivity index (χ1) is 11.6. The first kappa shape index (κ1) is 18.2. The molecule has 0 aromatic heterocycles. The molecule has 0 bridgehead atoms. The van der Waals surface area contributed by atoms with Crippen molar-refractivity contribution in [3.63, 3.8) is 0 Å². The number of alkyl halides is 3. The van der Waals surface area contributed by atoms with E-state index in [0.717, 1.165) is 29.3 Å². The monoisotopic (exact) mass is 354 g/mol. The second-order valence-electron chi connectivity index (χ2n) is 8.20. The van der Waals surface area contributed by atoms with Crippen molar-refractivity contribution < 1.29 is 18.0 Å². The Bertz CT molecular complexity index is 647. The van der Waals surface area contributed by atoms with Crippen molar-refractivity contribution in [2.75, 3.05) is 11.4 Å². The van der Waals surface area contributed by atoms with Crippen LogP contribution in [-0.2, 0) is 4.79 Å². The van der Waals surface area contributed by atoms with Crippen molar-refractivity contribution in [1.82, 2.24) is 5.32 Å². The van der Waals surface area contributed by atoms with Gasteiger partial charge in [0, 0.05) is 23.2 Å². The Hall–Kier alpha value is -1.56. The third kappa shape index (κ3) is 4.35. The summed E-state index contributed by atoms with van der Waals surface area (Å²) in [7, 11) is 0. The Kier molecular flexibility index (Phi) is 4.60. The van der Waals surface area contributed by atoms with Gasteiger partial charge in [-0.2, -0.15) is 13.2 Å². The highest BCUT2D eigenvalue weighted by Crippen LogP contribution is 2.43. The van der Waals surface area contributed by atoms with Gasteiger partial charge in [0.1, 0.15) is 0 Å². The van der Waals surface area contributed by atoms with Gasteiger partial charge < -0.3 is 5.32 Å². The van der Waals surface area contributed by atoms with Gasteiger partial charge in [-0.1, -0.05) is 12.1 Å². The third-order valence-corrected chi connectivity index (χ3v) is 4.83. The molecule has 1 aromatic carbocycles. The van der Waals surface area contributed by atoms with Crippen molar-refractivity contribution >= 4 is 11.6 Å². The van der Waals surface area contributed by atoms with Gasteiger partial charge in [-0.3, -0.25) is 9.69 Å². The number of carbonyl (C=O) groups excluding carboxylic acids is 1. The maximum atomic E-state index is 13.0. The highest BCUT2D eigenvalue weighted by atomic mass is 19.4. The SMILES string of the molecule is CC(C)(C)N(C(=O)C(F)(F)F)c1cccc(C2CC2NCC2CC2)c1. The van der Waals surface area contributed by atoms with E-state index >= 15 is 0 Å². The van der Waals surface area contributed by atoms with Gasteiger partial charge in [-0.25, -0.2) is 0 Å². The molecular formula is C19H25F3N2O. The van der Waals surface area contributed by atoms with Gasteiger partial charge in [0.05, 0.1) is 0 Å². The maximum absolute atomic E-state index is 13.0. The van der Waals surface area contributed by atoms with E-state index < -0.39 is 17.6 Å². The second-order valence-corrected chi connectivity index (χ2v) is 8.20.